The number of sulfonamides is 1. The van der Waals surface area contributed by atoms with Crippen LogP contribution < -0.4 is 9.62 Å². The predicted octanol–water partition coefficient (Wildman–Crippen LogP) is 3.67. The van der Waals surface area contributed by atoms with Gasteiger partial charge in [0, 0.05) is 18.1 Å². The summed E-state index contributed by atoms with van der Waals surface area (Å²) in [5.74, 6) is -0.789. The number of carbonyl (C=O) groups is 2. The summed E-state index contributed by atoms with van der Waals surface area (Å²) in [6.45, 7) is 7.48. The molecule has 1 atom stereocenters. The summed E-state index contributed by atoms with van der Waals surface area (Å²) < 4.78 is 26.3. The van der Waals surface area contributed by atoms with E-state index in [0.29, 0.717) is 17.3 Å². The zero-order chi connectivity index (χ0) is 24.8. The molecule has 180 valence electrons. The van der Waals surface area contributed by atoms with Gasteiger partial charge in [0.25, 0.3) is 0 Å². The van der Waals surface area contributed by atoms with Crippen molar-refractivity contribution in [3.8, 4) is 0 Å². The van der Waals surface area contributed by atoms with Crippen LogP contribution in [0.4, 0.5) is 5.69 Å². The lowest BCUT2D eigenvalue weighted by atomic mass is 10.1. The molecule has 0 fully saturated rings. The van der Waals surface area contributed by atoms with E-state index >= 15 is 0 Å². The van der Waals surface area contributed by atoms with Gasteiger partial charge in [-0.2, -0.15) is 0 Å². The topological polar surface area (TPSA) is 86.8 Å². The van der Waals surface area contributed by atoms with Crippen molar-refractivity contribution in [3.63, 3.8) is 0 Å². The lowest BCUT2D eigenvalue weighted by Crippen LogP contribution is -2.51. The van der Waals surface area contributed by atoms with Crippen LogP contribution in [0.15, 0.2) is 42.5 Å². The molecular weight excluding hydrogens is 462 g/mol. The van der Waals surface area contributed by atoms with Crippen LogP contribution in [0.3, 0.4) is 0 Å². The molecule has 2 aromatic carbocycles. The maximum absolute atomic E-state index is 13.5. The number of aryl methyl sites for hydroxylation is 2. The fourth-order valence-electron chi connectivity index (χ4n) is 3.52. The van der Waals surface area contributed by atoms with Crippen LogP contribution in [0, 0.1) is 13.8 Å². The number of rotatable bonds is 10. The predicted molar refractivity (Wildman–Crippen MR) is 133 cm³/mol. The normalized spacial score (nSPS) is 12.2. The van der Waals surface area contributed by atoms with Gasteiger partial charge in [0.05, 0.1) is 11.9 Å². The smallest absolute Gasteiger partial charge is 0.244 e. The van der Waals surface area contributed by atoms with Crippen molar-refractivity contribution in [1.82, 2.24) is 10.2 Å². The SMILES string of the molecule is CCCNC(=O)[C@H](C)N(Cc1cccc(Cl)c1)C(=O)CN(c1cc(C)cc(C)c1)S(C)(=O)=O. The molecule has 0 heterocycles. The zero-order valence-electron chi connectivity index (χ0n) is 19.8. The van der Waals surface area contributed by atoms with Gasteiger partial charge in [0.15, 0.2) is 0 Å². The number of nitrogens with zero attached hydrogens (tertiary/aromatic N) is 2. The Morgan fingerprint density at radius 2 is 1.73 bits per heavy atom. The standard InChI is InChI=1S/C24H32ClN3O4S/c1-6-10-26-24(30)19(4)27(15-20-8-7-9-21(25)14-20)23(29)16-28(33(5,31)32)22-12-17(2)11-18(3)13-22/h7-9,11-14,19H,6,10,15-16H2,1-5H3,(H,26,30)/t19-/m0/s1. The maximum Gasteiger partial charge on any atom is 0.244 e. The van der Waals surface area contributed by atoms with Gasteiger partial charge in [-0.15, -0.1) is 0 Å². The van der Waals surface area contributed by atoms with Crippen molar-refractivity contribution >= 4 is 39.1 Å². The Labute approximate surface area is 201 Å². The molecule has 0 saturated carbocycles. The molecule has 2 rings (SSSR count). The molecule has 2 aromatic rings. The summed E-state index contributed by atoms with van der Waals surface area (Å²) in [6, 6.07) is 11.6. The van der Waals surface area contributed by atoms with Crippen molar-refractivity contribution in [2.75, 3.05) is 23.7 Å². The molecular formula is C24H32ClN3O4S. The number of hydrogen-bond donors (Lipinski definition) is 1. The van der Waals surface area contributed by atoms with E-state index in [0.717, 1.165) is 33.7 Å². The fraction of sp³-hybridized carbons (Fsp3) is 0.417. The second-order valence-electron chi connectivity index (χ2n) is 8.23. The number of benzene rings is 2. The van der Waals surface area contributed by atoms with Crippen LogP contribution in [0.5, 0.6) is 0 Å². The first-order valence-corrected chi connectivity index (χ1v) is 13.0. The minimum absolute atomic E-state index is 0.116. The monoisotopic (exact) mass is 493 g/mol. The van der Waals surface area contributed by atoms with E-state index in [1.54, 1.807) is 43.3 Å². The van der Waals surface area contributed by atoms with Crippen molar-refractivity contribution in [2.45, 2.75) is 46.7 Å². The molecule has 7 nitrogen and oxygen atoms in total. The Kier molecular flexibility index (Phi) is 9.31. The van der Waals surface area contributed by atoms with E-state index in [9.17, 15) is 18.0 Å². The van der Waals surface area contributed by atoms with Crippen LogP contribution in [-0.4, -0.2) is 50.5 Å². The lowest BCUT2D eigenvalue weighted by molar-refractivity contribution is -0.139. The van der Waals surface area contributed by atoms with E-state index in [1.807, 2.05) is 26.8 Å². The molecule has 0 unspecified atom stereocenters. The third-order valence-corrected chi connectivity index (χ3v) is 6.51. The van der Waals surface area contributed by atoms with Crippen LogP contribution in [-0.2, 0) is 26.2 Å². The minimum atomic E-state index is -3.76. The highest BCUT2D eigenvalue weighted by atomic mass is 35.5. The molecule has 0 aliphatic heterocycles. The fourth-order valence-corrected chi connectivity index (χ4v) is 4.57. The molecule has 33 heavy (non-hydrogen) atoms. The number of hydrogen-bond acceptors (Lipinski definition) is 4. The Balaban J connectivity index is 2.40. The molecule has 0 bridgehead atoms. The summed E-state index contributed by atoms with van der Waals surface area (Å²) >= 11 is 6.10. The van der Waals surface area contributed by atoms with Crippen molar-refractivity contribution in [1.29, 1.82) is 0 Å². The molecule has 0 aliphatic carbocycles. The minimum Gasteiger partial charge on any atom is -0.354 e. The third-order valence-electron chi connectivity index (χ3n) is 5.13. The van der Waals surface area contributed by atoms with E-state index in [4.69, 9.17) is 11.6 Å². The van der Waals surface area contributed by atoms with Crippen molar-refractivity contribution in [2.24, 2.45) is 0 Å². The van der Waals surface area contributed by atoms with Crippen LogP contribution >= 0.6 is 11.6 Å². The van der Waals surface area contributed by atoms with Gasteiger partial charge in [-0.05, 0) is 68.1 Å². The summed E-state index contributed by atoms with van der Waals surface area (Å²) in [7, 11) is -3.76. The Morgan fingerprint density at radius 1 is 1.09 bits per heavy atom. The first kappa shape index (κ1) is 26.7. The van der Waals surface area contributed by atoms with E-state index in [2.05, 4.69) is 5.32 Å². The van der Waals surface area contributed by atoms with E-state index < -0.39 is 28.5 Å². The maximum atomic E-state index is 13.5. The molecule has 9 heteroatoms. The van der Waals surface area contributed by atoms with Gasteiger partial charge < -0.3 is 10.2 Å². The average Bonchev–Trinajstić information content (AvgIpc) is 2.71. The summed E-state index contributed by atoms with van der Waals surface area (Å²) in [5, 5.41) is 3.31. The van der Waals surface area contributed by atoms with Crippen molar-refractivity contribution < 1.29 is 18.0 Å². The van der Waals surface area contributed by atoms with E-state index in [1.165, 1.54) is 4.90 Å². The first-order valence-electron chi connectivity index (χ1n) is 10.8. The molecule has 0 aromatic heterocycles. The largest absolute Gasteiger partial charge is 0.354 e. The lowest BCUT2D eigenvalue weighted by Gasteiger charge is -2.31. The average molecular weight is 494 g/mol. The molecule has 0 saturated heterocycles. The zero-order valence-corrected chi connectivity index (χ0v) is 21.3. The molecule has 0 aliphatic rings. The first-order chi connectivity index (χ1) is 15.4. The van der Waals surface area contributed by atoms with Gasteiger partial charge in [0.1, 0.15) is 12.6 Å². The molecule has 1 N–H and O–H groups in total. The van der Waals surface area contributed by atoms with Gasteiger partial charge >= 0.3 is 0 Å². The van der Waals surface area contributed by atoms with Gasteiger partial charge in [-0.3, -0.25) is 13.9 Å². The van der Waals surface area contributed by atoms with Crippen LogP contribution in [0.2, 0.25) is 5.02 Å². The number of anilines is 1. The third kappa shape index (κ3) is 7.75. The quantitative estimate of drug-likeness (QED) is 0.547. The summed E-state index contributed by atoms with van der Waals surface area (Å²) in [4.78, 5) is 27.5. The Hall–Kier alpha value is -2.58. The number of amides is 2. The highest BCUT2D eigenvalue weighted by Gasteiger charge is 2.30. The number of carbonyl (C=O) groups excluding carboxylic acids is 2. The summed E-state index contributed by atoms with van der Waals surface area (Å²) in [6.07, 6.45) is 1.83. The highest BCUT2D eigenvalue weighted by molar-refractivity contribution is 7.92. The van der Waals surface area contributed by atoms with Gasteiger partial charge in [-0.25, -0.2) is 8.42 Å². The summed E-state index contributed by atoms with van der Waals surface area (Å²) in [5.41, 5.74) is 2.92. The highest BCUT2D eigenvalue weighted by Crippen LogP contribution is 2.22. The van der Waals surface area contributed by atoms with Crippen LogP contribution in [0.25, 0.3) is 0 Å². The second-order valence-corrected chi connectivity index (χ2v) is 10.6. The second kappa shape index (κ2) is 11.5. The Bertz CT molecular complexity index is 1080. The Morgan fingerprint density at radius 3 is 2.27 bits per heavy atom. The molecule has 0 radical (unpaired) electrons. The molecule has 2 amide bonds. The number of nitrogens with one attached hydrogen (secondary N) is 1. The van der Waals surface area contributed by atoms with Gasteiger partial charge in [-0.1, -0.05) is 36.7 Å². The van der Waals surface area contributed by atoms with Gasteiger partial charge in [0.2, 0.25) is 21.8 Å². The van der Waals surface area contributed by atoms with E-state index in [-0.39, 0.29) is 12.5 Å². The number of halogens is 1. The van der Waals surface area contributed by atoms with Crippen LogP contribution in [0.1, 0.15) is 37.0 Å². The van der Waals surface area contributed by atoms with Crippen molar-refractivity contribution in [3.05, 3.63) is 64.2 Å². The molecule has 0 spiro atoms.